The van der Waals surface area contributed by atoms with Crippen LogP contribution in [0.4, 0.5) is 5.82 Å². The van der Waals surface area contributed by atoms with E-state index in [2.05, 4.69) is 27.2 Å². The lowest BCUT2D eigenvalue weighted by Gasteiger charge is -2.35. The van der Waals surface area contributed by atoms with E-state index in [1.54, 1.807) is 25.4 Å². The lowest BCUT2D eigenvalue weighted by molar-refractivity contribution is 0.312. The molecule has 2 saturated carbocycles. The first-order valence-corrected chi connectivity index (χ1v) is 10.9. The number of anilines is 1. The summed E-state index contributed by atoms with van der Waals surface area (Å²) < 4.78 is 1.27. The Morgan fingerprint density at radius 1 is 1.00 bits per heavy atom. The van der Waals surface area contributed by atoms with Crippen LogP contribution in [0.3, 0.4) is 0 Å². The average molecular weight is 418 g/mol. The molecule has 1 N–H and O–H groups in total. The highest BCUT2D eigenvalue weighted by Gasteiger charge is 2.36. The summed E-state index contributed by atoms with van der Waals surface area (Å²) in [5.74, 6) is 2.71. The second-order valence-electron chi connectivity index (χ2n) is 9.00. The molecule has 1 aromatic carbocycles. The van der Waals surface area contributed by atoms with Crippen LogP contribution in [-0.4, -0.2) is 38.2 Å². The molecule has 2 aromatic heterocycles. The van der Waals surface area contributed by atoms with Gasteiger partial charge in [0.2, 0.25) is 0 Å². The van der Waals surface area contributed by atoms with E-state index in [-0.39, 0.29) is 11.3 Å². The van der Waals surface area contributed by atoms with Gasteiger partial charge in [-0.15, -0.1) is 10.2 Å². The number of aryl methyl sites for hydroxylation is 1. The second-order valence-corrected chi connectivity index (χ2v) is 9.00. The van der Waals surface area contributed by atoms with Gasteiger partial charge in [0, 0.05) is 37.3 Å². The minimum absolute atomic E-state index is 0.0948. The molecule has 5 rings (SSSR count). The normalized spacial score (nSPS) is 22.5. The number of aromatic nitrogens is 4. The molecule has 3 atom stereocenters. The van der Waals surface area contributed by atoms with Crippen molar-refractivity contribution in [1.82, 2.24) is 20.0 Å². The molecule has 0 radical (unpaired) electrons. The highest BCUT2D eigenvalue weighted by molar-refractivity contribution is 5.74. The number of rotatable bonds is 4. The molecule has 160 valence electrons. The summed E-state index contributed by atoms with van der Waals surface area (Å²) in [7, 11) is 3.72. The first-order valence-electron chi connectivity index (χ1n) is 10.9. The predicted octanol–water partition coefficient (Wildman–Crippen LogP) is 3.62. The molecule has 2 bridgehead atoms. The van der Waals surface area contributed by atoms with Gasteiger partial charge >= 0.3 is 0 Å². The zero-order valence-corrected chi connectivity index (χ0v) is 17.9. The first-order chi connectivity index (χ1) is 15.0. The molecule has 0 amide bonds. The minimum atomic E-state index is -0.197. The predicted molar refractivity (Wildman–Crippen MR) is 120 cm³/mol. The number of phenols is 1. The molecule has 2 fully saturated rings. The van der Waals surface area contributed by atoms with Gasteiger partial charge in [-0.05, 0) is 60.9 Å². The summed E-state index contributed by atoms with van der Waals surface area (Å²) in [5, 5.41) is 23.5. The lowest BCUT2D eigenvalue weighted by Crippen LogP contribution is -2.37. The van der Waals surface area contributed by atoms with E-state index in [1.165, 1.54) is 42.9 Å². The Balaban J connectivity index is 1.35. The third-order valence-electron chi connectivity index (χ3n) is 7.00. The smallest absolute Gasteiger partial charge is 0.267 e. The lowest BCUT2D eigenvalue weighted by atomic mass is 9.85. The number of aromatic hydroxyl groups is 1. The maximum Gasteiger partial charge on any atom is 0.267 e. The van der Waals surface area contributed by atoms with Crippen molar-refractivity contribution in [2.75, 3.05) is 11.9 Å². The molecule has 0 spiro atoms. The SMILES string of the molecule is CN(c1ccc(-c2ccc(-c3cnn(C)c(=O)c3)cc2O)nn1)C1C[C@H]2CC[C@@H](C1)C2. The number of hydrogen-bond acceptors (Lipinski definition) is 6. The van der Waals surface area contributed by atoms with Gasteiger partial charge in [0.1, 0.15) is 5.75 Å². The molecule has 7 heteroatoms. The van der Waals surface area contributed by atoms with E-state index in [1.807, 2.05) is 18.2 Å². The van der Waals surface area contributed by atoms with E-state index in [0.717, 1.165) is 23.2 Å². The quantitative estimate of drug-likeness (QED) is 0.698. The summed E-state index contributed by atoms with van der Waals surface area (Å²) in [6.45, 7) is 0. The van der Waals surface area contributed by atoms with E-state index < -0.39 is 0 Å². The molecule has 31 heavy (non-hydrogen) atoms. The van der Waals surface area contributed by atoms with Crippen LogP contribution < -0.4 is 10.5 Å². The van der Waals surface area contributed by atoms with Crippen molar-refractivity contribution in [3.05, 3.63) is 52.9 Å². The average Bonchev–Trinajstić information content (AvgIpc) is 3.12. The summed E-state index contributed by atoms with van der Waals surface area (Å²) in [4.78, 5) is 14.1. The molecule has 7 nitrogen and oxygen atoms in total. The molecule has 3 aromatic rings. The first kappa shape index (κ1) is 19.7. The third-order valence-corrected chi connectivity index (χ3v) is 7.00. The zero-order chi connectivity index (χ0) is 21.5. The van der Waals surface area contributed by atoms with Gasteiger partial charge in [-0.2, -0.15) is 5.10 Å². The number of nitrogens with zero attached hydrogens (tertiary/aromatic N) is 5. The third kappa shape index (κ3) is 3.80. The van der Waals surface area contributed by atoms with Crippen molar-refractivity contribution in [3.63, 3.8) is 0 Å². The van der Waals surface area contributed by atoms with Crippen LogP contribution in [-0.2, 0) is 7.05 Å². The summed E-state index contributed by atoms with van der Waals surface area (Å²) in [6.07, 6.45) is 8.26. The largest absolute Gasteiger partial charge is 0.507 e. The van der Waals surface area contributed by atoms with Gasteiger partial charge in [0.15, 0.2) is 5.82 Å². The maximum absolute atomic E-state index is 11.8. The van der Waals surface area contributed by atoms with Crippen molar-refractivity contribution >= 4 is 5.82 Å². The summed E-state index contributed by atoms with van der Waals surface area (Å²) in [6, 6.07) is 11.2. The summed E-state index contributed by atoms with van der Waals surface area (Å²) in [5.41, 5.74) is 2.42. The van der Waals surface area contributed by atoms with Crippen molar-refractivity contribution in [2.24, 2.45) is 18.9 Å². The molecular weight excluding hydrogens is 390 g/mol. The van der Waals surface area contributed by atoms with E-state index in [4.69, 9.17) is 0 Å². The van der Waals surface area contributed by atoms with Crippen LogP contribution in [0, 0.1) is 11.8 Å². The van der Waals surface area contributed by atoms with E-state index in [9.17, 15) is 9.90 Å². The van der Waals surface area contributed by atoms with Gasteiger partial charge in [-0.1, -0.05) is 18.9 Å². The summed E-state index contributed by atoms with van der Waals surface area (Å²) >= 11 is 0. The molecule has 2 heterocycles. The Morgan fingerprint density at radius 2 is 1.77 bits per heavy atom. The Morgan fingerprint density at radius 3 is 2.42 bits per heavy atom. The van der Waals surface area contributed by atoms with Crippen molar-refractivity contribution in [3.8, 4) is 28.1 Å². The van der Waals surface area contributed by atoms with Crippen LogP contribution in [0.15, 0.2) is 47.4 Å². The zero-order valence-electron chi connectivity index (χ0n) is 17.9. The highest BCUT2D eigenvalue weighted by atomic mass is 16.3. The van der Waals surface area contributed by atoms with Gasteiger partial charge in [0.05, 0.1) is 11.9 Å². The number of benzene rings is 1. The Labute approximate surface area is 181 Å². The van der Waals surface area contributed by atoms with E-state index >= 15 is 0 Å². The molecule has 0 saturated heterocycles. The van der Waals surface area contributed by atoms with Gasteiger partial charge in [-0.3, -0.25) is 4.79 Å². The van der Waals surface area contributed by atoms with Crippen LogP contribution in [0.2, 0.25) is 0 Å². The second kappa shape index (κ2) is 7.80. The Hall–Kier alpha value is -3.22. The molecule has 2 aliphatic rings. The Bertz CT molecular complexity index is 1150. The van der Waals surface area contributed by atoms with E-state index in [0.29, 0.717) is 22.9 Å². The topological polar surface area (TPSA) is 84.1 Å². The molecule has 1 unspecified atom stereocenters. The fraction of sp³-hybridized carbons (Fsp3) is 0.417. The number of phenolic OH excluding ortho intramolecular Hbond substituents is 1. The van der Waals surface area contributed by atoms with Crippen molar-refractivity contribution < 1.29 is 5.11 Å². The standard InChI is InChI=1S/C24H27N5O2/c1-28(19-10-15-3-4-16(9-15)11-19)23-8-7-21(26-27-23)20-6-5-17(12-22(20)30)18-13-24(31)29(2)25-14-18/h5-8,12-16,19,30H,3-4,9-11H2,1-2H3/t15-,16+,19?. The van der Waals surface area contributed by atoms with Crippen LogP contribution in [0.1, 0.15) is 32.1 Å². The van der Waals surface area contributed by atoms with Crippen LogP contribution in [0.5, 0.6) is 5.75 Å². The molecule has 2 aliphatic carbocycles. The number of fused-ring (bicyclic) bond motifs is 2. The molecule has 0 aliphatic heterocycles. The van der Waals surface area contributed by atoms with Gasteiger partial charge in [0.25, 0.3) is 5.56 Å². The highest BCUT2D eigenvalue weighted by Crippen LogP contribution is 2.43. The monoisotopic (exact) mass is 417 g/mol. The fourth-order valence-electron chi connectivity index (χ4n) is 5.19. The Kier molecular flexibility index (Phi) is 4.96. The van der Waals surface area contributed by atoms with Crippen molar-refractivity contribution in [1.29, 1.82) is 0 Å². The van der Waals surface area contributed by atoms with Gasteiger partial charge < -0.3 is 10.0 Å². The maximum atomic E-state index is 11.8. The van der Waals surface area contributed by atoms with Crippen LogP contribution in [0.25, 0.3) is 22.4 Å². The van der Waals surface area contributed by atoms with Gasteiger partial charge in [-0.25, -0.2) is 4.68 Å². The van der Waals surface area contributed by atoms with Crippen LogP contribution >= 0.6 is 0 Å². The minimum Gasteiger partial charge on any atom is -0.507 e. The van der Waals surface area contributed by atoms with Crippen molar-refractivity contribution in [2.45, 2.75) is 38.1 Å². The molecular formula is C24H27N5O2. The number of hydrogen-bond donors (Lipinski definition) is 1. The fourth-order valence-corrected chi connectivity index (χ4v) is 5.19.